The molecule has 0 spiro atoms. The van der Waals surface area contributed by atoms with E-state index in [0.29, 0.717) is 13.0 Å². The smallest absolute Gasteiger partial charge is 0.222 e. The molecule has 0 saturated carbocycles. The molecule has 7 heteroatoms. The number of amides is 1. The van der Waals surface area contributed by atoms with Gasteiger partial charge in [-0.1, -0.05) is 0 Å². The predicted octanol–water partition coefficient (Wildman–Crippen LogP) is 1.46. The van der Waals surface area contributed by atoms with Crippen molar-refractivity contribution in [3.63, 3.8) is 0 Å². The van der Waals surface area contributed by atoms with Crippen LogP contribution in [0.1, 0.15) is 37.9 Å². The van der Waals surface area contributed by atoms with Crippen LogP contribution in [0.25, 0.3) is 0 Å². The Kier molecular flexibility index (Phi) is 8.50. The molecular formula is C15H27N5OS. The number of nitrogens with one attached hydrogen (secondary N) is 3. The highest BCUT2D eigenvalue weighted by Gasteiger charge is 2.03. The maximum absolute atomic E-state index is 11.6. The van der Waals surface area contributed by atoms with Crippen molar-refractivity contribution >= 4 is 23.2 Å². The predicted molar refractivity (Wildman–Crippen MR) is 92.4 cm³/mol. The normalized spacial score (nSPS) is 11.6. The van der Waals surface area contributed by atoms with Gasteiger partial charge >= 0.3 is 0 Å². The molecule has 0 atom stereocenters. The highest BCUT2D eigenvalue weighted by atomic mass is 32.1. The van der Waals surface area contributed by atoms with Gasteiger partial charge in [0.05, 0.1) is 17.2 Å². The molecule has 1 aromatic heterocycles. The third-order valence-corrected chi connectivity index (χ3v) is 3.57. The monoisotopic (exact) mass is 325 g/mol. The Morgan fingerprint density at radius 1 is 1.41 bits per heavy atom. The van der Waals surface area contributed by atoms with E-state index in [2.05, 4.69) is 31.3 Å². The van der Waals surface area contributed by atoms with Crippen LogP contribution in [0.15, 0.2) is 10.4 Å². The van der Waals surface area contributed by atoms with Gasteiger partial charge in [0.15, 0.2) is 5.96 Å². The Morgan fingerprint density at radius 3 is 2.77 bits per heavy atom. The Hall–Kier alpha value is -1.63. The number of thiazole rings is 1. The summed E-state index contributed by atoms with van der Waals surface area (Å²) in [5, 5.41) is 12.5. The molecule has 6 nitrogen and oxygen atoms in total. The highest BCUT2D eigenvalue weighted by Crippen LogP contribution is 2.07. The van der Waals surface area contributed by atoms with Crippen LogP contribution in [0.2, 0.25) is 0 Å². The number of guanidine groups is 1. The third kappa shape index (κ3) is 7.97. The number of rotatable bonds is 8. The summed E-state index contributed by atoms with van der Waals surface area (Å²) in [6, 6.07) is 0.171. The van der Waals surface area contributed by atoms with E-state index in [-0.39, 0.29) is 11.9 Å². The van der Waals surface area contributed by atoms with E-state index in [1.54, 1.807) is 11.3 Å². The summed E-state index contributed by atoms with van der Waals surface area (Å²) in [7, 11) is 0. The van der Waals surface area contributed by atoms with Crippen molar-refractivity contribution in [1.82, 2.24) is 20.9 Å². The van der Waals surface area contributed by atoms with Crippen LogP contribution in [0.5, 0.6) is 0 Å². The standard InChI is InChI=1S/C15H27N5OS/c1-5-16-15(18-9-7-14(21)19-11(2)3)17-8-6-13-10-22-12(4)20-13/h10-11H,5-9H2,1-4H3,(H,19,21)(H2,16,17,18). The van der Waals surface area contributed by atoms with Crippen molar-refractivity contribution in [3.8, 4) is 0 Å². The second-order valence-corrected chi connectivity index (χ2v) is 6.33. The van der Waals surface area contributed by atoms with Crippen LogP contribution < -0.4 is 16.0 Å². The molecule has 0 radical (unpaired) electrons. The summed E-state index contributed by atoms with van der Waals surface area (Å²) in [6.07, 6.45) is 1.27. The Morgan fingerprint density at radius 2 is 2.18 bits per heavy atom. The molecule has 0 bridgehead atoms. The summed E-state index contributed by atoms with van der Waals surface area (Å²) >= 11 is 1.67. The third-order valence-electron chi connectivity index (χ3n) is 2.74. The lowest BCUT2D eigenvalue weighted by Gasteiger charge is -2.11. The maximum atomic E-state index is 11.6. The van der Waals surface area contributed by atoms with Crippen molar-refractivity contribution in [2.45, 2.75) is 46.6 Å². The largest absolute Gasteiger partial charge is 0.357 e. The molecule has 0 aliphatic carbocycles. The molecule has 22 heavy (non-hydrogen) atoms. The van der Waals surface area contributed by atoms with Gasteiger partial charge in [0.2, 0.25) is 5.91 Å². The minimum Gasteiger partial charge on any atom is -0.357 e. The van der Waals surface area contributed by atoms with Crippen LogP contribution in [-0.2, 0) is 11.2 Å². The highest BCUT2D eigenvalue weighted by molar-refractivity contribution is 7.09. The Balaban J connectivity index is 2.33. The molecule has 124 valence electrons. The summed E-state index contributed by atoms with van der Waals surface area (Å²) in [5.41, 5.74) is 1.10. The van der Waals surface area contributed by atoms with E-state index in [0.717, 1.165) is 36.2 Å². The van der Waals surface area contributed by atoms with Crippen LogP contribution in [-0.4, -0.2) is 42.5 Å². The Bertz CT molecular complexity index is 484. The van der Waals surface area contributed by atoms with Gasteiger partial charge in [0.1, 0.15) is 0 Å². The second-order valence-electron chi connectivity index (χ2n) is 5.27. The molecule has 1 aromatic rings. The van der Waals surface area contributed by atoms with Gasteiger partial charge in [-0.2, -0.15) is 0 Å². The van der Waals surface area contributed by atoms with E-state index < -0.39 is 0 Å². The molecule has 0 unspecified atom stereocenters. The van der Waals surface area contributed by atoms with Gasteiger partial charge in [0.25, 0.3) is 0 Å². The van der Waals surface area contributed by atoms with Gasteiger partial charge in [-0.15, -0.1) is 11.3 Å². The fourth-order valence-electron chi connectivity index (χ4n) is 1.84. The van der Waals surface area contributed by atoms with Gasteiger partial charge < -0.3 is 16.0 Å². The average Bonchev–Trinajstić information content (AvgIpc) is 2.83. The van der Waals surface area contributed by atoms with Gasteiger partial charge in [-0.25, -0.2) is 4.98 Å². The molecule has 1 rings (SSSR count). The number of hydrogen-bond acceptors (Lipinski definition) is 4. The molecule has 0 aliphatic rings. The van der Waals surface area contributed by atoms with Crippen LogP contribution in [0.3, 0.4) is 0 Å². The molecule has 0 aromatic carbocycles. The lowest BCUT2D eigenvalue weighted by Crippen LogP contribution is -2.38. The van der Waals surface area contributed by atoms with Gasteiger partial charge in [0, 0.05) is 37.4 Å². The molecular weight excluding hydrogens is 298 g/mol. The fourth-order valence-corrected chi connectivity index (χ4v) is 2.48. The van der Waals surface area contributed by atoms with Crippen molar-refractivity contribution < 1.29 is 4.79 Å². The van der Waals surface area contributed by atoms with Crippen molar-refractivity contribution in [2.75, 3.05) is 19.6 Å². The van der Waals surface area contributed by atoms with Crippen molar-refractivity contribution in [1.29, 1.82) is 0 Å². The number of aromatic nitrogens is 1. The first-order chi connectivity index (χ1) is 10.5. The Labute approximate surface area is 136 Å². The first-order valence-electron chi connectivity index (χ1n) is 7.73. The number of carbonyl (C=O) groups excluding carboxylic acids is 1. The van der Waals surface area contributed by atoms with Gasteiger partial charge in [-0.05, 0) is 27.7 Å². The summed E-state index contributed by atoms with van der Waals surface area (Å²) in [4.78, 5) is 20.4. The topological polar surface area (TPSA) is 78.4 Å². The van der Waals surface area contributed by atoms with Crippen LogP contribution >= 0.6 is 11.3 Å². The van der Waals surface area contributed by atoms with E-state index in [4.69, 9.17) is 0 Å². The number of aliphatic imine (C=N–C) groups is 1. The van der Waals surface area contributed by atoms with Crippen molar-refractivity contribution in [2.24, 2.45) is 4.99 Å². The first-order valence-corrected chi connectivity index (χ1v) is 8.61. The first kappa shape index (κ1) is 18.4. The lowest BCUT2D eigenvalue weighted by atomic mass is 10.3. The molecule has 0 saturated heterocycles. The van der Waals surface area contributed by atoms with Gasteiger partial charge in [-0.3, -0.25) is 9.79 Å². The van der Waals surface area contributed by atoms with E-state index in [9.17, 15) is 4.79 Å². The summed E-state index contributed by atoms with van der Waals surface area (Å²) in [6.45, 7) is 9.97. The quantitative estimate of drug-likeness (QED) is 0.499. The zero-order valence-corrected chi connectivity index (χ0v) is 14.7. The molecule has 1 amide bonds. The zero-order valence-electron chi connectivity index (χ0n) is 13.9. The molecule has 1 heterocycles. The lowest BCUT2D eigenvalue weighted by molar-refractivity contribution is -0.121. The van der Waals surface area contributed by atoms with Crippen molar-refractivity contribution in [3.05, 3.63) is 16.1 Å². The van der Waals surface area contributed by atoms with E-state index >= 15 is 0 Å². The summed E-state index contributed by atoms with van der Waals surface area (Å²) < 4.78 is 0. The van der Waals surface area contributed by atoms with Crippen LogP contribution in [0, 0.1) is 6.92 Å². The average molecular weight is 325 g/mol. The zero-order chi connectivity index (χ0) is 16.4. The second kappa shape index (κ2) is 10.2. The number of hydrogen-bond donors (Lipinski definition) is 3. The maximum Gasteiger partial charge on any atom is 0.222 e. The SMILES string of the molecule is CCNC(=NCCC(=O)NC(C)C)NCCc1csc(C)n1. The summed E-state index contributed by atoms with van der Waals surface area (Å²) in [5.74, 6) is 0.777. The van der Waals surface area contributed by atoms with Crippen LogP contribution in [0.4, 0.5) is 0 Å². The van der Waals surface area contributed by atoms with E-state index in [1.165, 1.54) is 0 Å². The number of nitrogens with zero attached hydrogens (tertiary/aromatic N) is 2. The minimum absolute atomic E-state index is 0.0348. The fraction of sp³-hybridized carbons (Fsp3) is 0.667. The van der Waals surface area contributed by atoms with E-state index in [1.807, 2.05) is 27.7 Å². The number of aryl methyl sites for hydroxylation is 1. The number of carbonyl (C=O) groups is 1. The minimum atomic E-state index is 0.0348. The molecule has 3 N–H and O–H groups in total. The molecule has 0 fully saturated rings. The molecule has 0 aliphatic heterocycles.